The molecule has 5 aromatic rings. The van der Waals surface area contributed by atoms with Crippen molar-refractivity contribution in [2.24, 2.45) is 0 Å². The van der Waals surface area contributed by atoms with E-state index in [1.54, 1.807) is 37.3 Å². The fourth-order valence-electron chi connectivity index (χ4n) is 4.38. The fraction of sp³-hybridized carbons (Fsp3) is 0.0882. The molecular weight excluding hydrogens is 600 g/mol. The first-order valence-electron chi connectivity index (χ1n) is 13.5. The van der Waals surface area contributed by atoms with Gasteiger partial charge in [0, 0.05) is 32.1 Å². The summed E-state index contributed by atoms with van der Waals surface area (Å²) < 4.78 is 5.36. The molecule has 1 atom stereocenters. The highest BCUT2D eigenvalue weighted by Crippen LogP contribution is 2.40. The summed E-state index contributed by atoms with van der Waals surface area (Å²) in [7, 11) is 0. The molecule has 0 radical (unpaired) electrons. The summed E-state index contributed by atoms with van der Waals surface area (Å²) in [5, 5.41) is 8.00. The van der Waals surface area contributed by atoms with E-state index in [2.05, 4.69) is 10.6 Å². The Bertz CT molecular complexity index is 1740. The lowest BCUT2D eigenvalue weighted by Crippen LogP contribution is -2.20. The molecule has 9 heteroatoms. The van der Waals surface area contributed by atoms with Crippen LogP contribution in [0.2, 0.25) is 5.02 Å². The van der Waals surface area contributed by atoms with E-state index >= 15 is 0 Å². The van der Waals surface area contributed by atoms with Crippen LogP contribution in [0.25, 0.3) is 11.1 Å². The third-order valence-electron chi connectivity index (χ3n) is 6.37. The zero-order valence-electron chi connectivity index (χ0n) is 23.1. The van der Waals surface area contributed by atoms with Gasteiger partial charge in [-0.15, -0.1) is 23.1 Å². The highest BCUT2D eigenvalue weighted by Gasteiger charge is 2.27. The number of rotatable bonds is 10. The summed E-state index contributed by atoms with van der Waals surface area (Å²) in [5.74, 6) is -1.08. The van der Waals surface area contributed by atoms with Gasteiger partial charge in [-0.2, -0.15) is 0 Å². The molecule has 0 saturated carbocycles. The number of hydrogen-bond donors (Lipinski definition) is 2. The van der Waals surface area contributed by atoms with Crippen molar-refractivity contribution in [1.82, 2.24) is 0 Å². The molecule has 216 valence electrons. The maximum absolute atomic E-state index is 13.9. The van der Waals surface area contributed by atoms with Gasteiger partial charge in [0.15, 0.2) is 0 Å². The van der Waals surface area contributed by atoms with Crippen molar-refractivity contribution in [3.05, 3.63) is 136 Å². The van der Waals surface area contributed by atoms with Crippen LogP contribution in [0.5, 0.6) is 0 Å². The third-order valence-corrected chi connectivity index (χ3v) is 8.74. The molecule has 2 N–H and O–H groups in total. The molecule has 1 aromatic heterocycles. The van der Waals surface area contributed by atoms with Crippen molar-refractivity contribution in [3.8, 4) is 11.1 Å². The number of benzene rings is 4. The number of halogens is 1. The van der Waals surface area contributed by atoms with Crippen molar-refractivity contribution in [1.29, 1.82) is 0 Å². The van der Waals surface area contributed by atoms with E-state index in [0.717, 1.165) is 16.0 Å². The highest BCUT2D eigenvalue weighted by atomic mass is 35.5. The predicted octanol–water partition coefficient (Wildman–Crippen LogP) is 8.97. The van der Waals surface area contributed by atoms with Crippen LogP contribution >= 0.6 is 34.7 Å². The first kappa shape index (κ1) is 30.1. The highest BCUT2D eigenvalue weighted by molar-refractivity contribution is 8.00. The summed E-state index contributed by atoms with van der Waals surface area (Å²) in [5.41, 5.74) is 3.69. The predicted molar refractivity (Wildman–Crippen MR) is 175 cm³/mol. The van der Waals surface area contributed by atoms with Gasteiger partial charge in [-0.25, -0.2) is 4.79 Å². The minimum absolute atomic E-state index is 0.211. The van der Waals surface area contributed by atoms with Gasteiger partial charge in [-0.3, -0.25) is 9.59 Å². The summed E-state index contributed by atoms with van der Waals surface area (Å²) in [6.07, 6.45) is 0. The van der Waals surface area contributed by atoms with Gasteiger partial charge in [0.1, 0.15) is 15.8 Å². The SMILES string of the molecule is CCOC(=O)c1c(-c2ccccc2)csc1NC(=O)C(Sc1cccc(NC(=O)c2cccc(Cl)c2)c1)c1ccccc1. The van der Waals surface area contributed by atoms with Crippen LogP contribution < -0.4 is 10.6 Å². The number of thiophene rings is 1. The summed E-state index contributed by atoms with van der Waals surface area (Å²) in [6.45, 7) is 1.96. The van der Waals surface area contributed by atoms with E-state index in [1.807, 2.05) is 84.2 Å². The normalized spacial score (nSPS) is 11.4. The molecule has 6 nitrogen and oxygen atoms in total. The molecule has 5 rings (SSSR count). The van der Waals surface area contributed by atoms with Crippen LogP contribution in [0, 0.1) is 0 Å². The van der Waals surface area contributed by atoms with Crippen LogP contribution in [0.1, 0.15) is 38.5 Å². The topological polar surface area (TPSA) is 84.5 Å². The van der Waals surface area contributed by atoms with E-state index < -0.39 is 11.2 Å². The number of amides is 2. The molecule has 1 heterocycles. The molecule has 0 fully saturated rings. The minimum atomic E-state index is -0.655. The number of thioether (sulfide) groups is 1. The van der Waals surface area contributed by atoms with Crippen molar-refractivity contribution in [3.63, 3.8) is 0 Å². The van der Waals surface area contributed by atoms with E-state index in [0.29, 0.717) is 32.4 Å². The molecule has 1 unspecified atom stereocenters. The van der Waals surface area contributed by atoms with Crippen molar-refractivity contribution in [2.45, 2.75) is 17.1 Å². The summed E-state index contributed by atoms with van der Waals surface area (Å²) >= 11 is 8.67. The van der Waals surface area contributed by atoms with Gasteiger partial charge in [0.25, 0.3) is 5.91 Å². The quantitative estimate of drug-likeness (QED) is 0.119. The van der Waals surface area contributed by atoms with E-state index in [1.165, 1.54) is 23.1 Å². The molecule has 0 aliphatic carbocycles. The molecule has 0 saturated heterocycles. The zero-order chi connectivity index (χ0) is 30.2. The lowest BCUT2D eigenvalue weighted by Gasteiger charge is -2.18. The molecule has 0 aliphatic heterocycles. The number of anilines is 2. The number of esters is 1. The third kappa shape index (κ3) is 7.53. The van der Waals surface area contributed by atoms with Gasteiger partial charge in [0.2, 0.25) is 5.91 Å². The second kappa shape index (κ2) is 14.2. The first-order chi connectivity index (χ1) is 20.9. The standard InChI is InChI=1S/C34H27ClN2O4S2/c1-2-41-34(40)29-28(22-11-5-3-6-12-22)21-42-33(29)37-32(39)30(23-13-7-4-8-14-23)43-27-18-10-17-26(20-27)36-31(38)24-15-9-16-25(35)19-24/h3-21,30H,2H2,1H3,(H,36,38)(H,37,39). The average Bonchev–Trinajstić information content (AvgIpc) is 3.44. The molecule has 0 aliphatic rings. The van der Waals surface area contributed by atoms with Crippen LogP contribution in [0.15, 0.2) is 119 Å². The molecule has 43 heavy (non-hydrogen) atoms. The Kier molecular flexibility index (Phi) is 9.94. The number of ether oxygens (including phenoxy) is 1. The molecule has 4 aromatic carbocycles. The van der Waals surface area contributed by atoms with E-state index in [-0.39, 0.29) is 18.4 Å². The zero-order valence-corrected chi connectivity index (χ0v) is 25.5. The smallest absolute Gasteiger partial charge is 0.341 e. The lowest BCUT2D eigenvalue weighted by atomic mass is 10.0. The van der Waals surface area contributed by atoms with Crippen LogP contribution in [0.3, 0.4) is 0 Å². The first-order valence-corrected chi connectivity index (χ1v) is 15.6. The molecule has 0 bridgehead atoms. The largest absolute Gasteiger partial charge is 0.462 e. The Morgan fingerprint density at radius 1 is 0.860 bits per heavy atom. The maximum Gasteiger partial charge on any atom is 0.341 e. The van der Waals surface area contributed by atoms with Crippen molar-refractivity contribution >= 4 is 63.2 Å². The van der Waals surface area contributed by atoms with Crippen LogP contribution in [0.4, 0.5) is 10.7 Å². The van der Waals surface area contributed by atoms with Gasteiger partial charge in [0.05, 0.1) is 6.61 Å². The molecular formula is C34H27ClN2O4S2. The molecule has 0 spiro atoms. The number of carbonyl (C=O) groups is 3. The van der Waals surface area contributed by atoms with Gasteiger partial charge in [-0.05, 0) is 54.4 Å². The van der Waals surface area contributed by atoms with Gasteiger partial charge >= 0.3 is 5.97 Å². The lowest BCUT2D eigenvalue weighted by molar-refractivity contribution is -0.115. The monoisotopic (exact) mass is 626 g/mol. The maximum atomic E-state index is 13.9. The Hall–Kier alpha value is -4.37. The van der Waals surface area contributed by atoms with Gasteiger partial charge < -0.3 is 15.4 Å². The van der Waals surface area contributed by atoms with Crippen molar-refractivity contribution in [2.75, 3.05) is 17.2 Å². The Morgan fingerprint density at radius 2 is 1.58 bits per heavy atom. The average molecular weight is 627 g/mol. The second-order valence-corrected chi connectivity index (χ2v) is 11.8. The molecule has 2 amide bonds. The number of carbonyl (C=O) groups excluding carboxylic acids is 3. The Labute approximate surface area is 263 Å². The van der Waals surface area contributed by atoms with Crippen molar-refractivity contribution < 1.29 is 19.1 Å². The fourth-order valence-corrected chi connectivity index (χ4v) is 6.61. The van der Waals surface area contributed by atoms with Crippen LogP contribution in [-0.4, -0.2) is 24.4 Å². The van der Waals surface area contributed by atoms with Gasteiger partial charge in [-0.1, -0.05) is 84.4 Å². The van der Waals surface area contributed by atoms with Crippen LogP contribution in [-0.2, 0) is 9.53 Å². The Morgan fingerprint density at radius 3 is 2.30 bits per heavy atom. The summed E-state index contributed by atoms with van der Waals surface area (Å²) in [4.78, 5) is 40.5. The number of hydrogen-bond acceptors (Lipinski definition) is 6. The van der Waals surface area contributed by atoms with E-state index in [4.69, 9.17) is 16.3 Å². The summed E-state index contributed by atoms with van der Waals surface area (Å²) in [6, 6.07) is 33.0. The number of nitrogens with one attached hydrogen (secondary N) is 2. The van der Waals surface area contributed by atoms with E-state index in [9.17, 15) is 14.4 Å². The minimum Gasteiger partial charge on any atom is -0.462 e. The second-order valence-electron chi connectivity index (χ2n) is 9.33. The Balaban J connectivity index is 1.41.